The van der Waals surface area contributed by atoms with Crippen molar-refractivity contribution in [2.24, 2.45) is 5.92 Å². The van der Waals surface area contributed by atoms with Gasteiger partial charge in [0.15, 0.2) is 5.92 Å². The standard InChI is InChI=1S/C14H22O6/c1-6-14(5,7-2)20-13(19)10(12(17)18)9(8(3)4)11(15)16/h10H,6-7H2,1-5H3,(H,15,16)(H,17,18). The van der Waals surface area contributed by atoms with E-state index in [4.69, 9.17) is 14.9 Å². The molecule has 0 rings (SSSR count). The lowest BCUT2D eigenvalue weighted by Gasteiger charge is -2.28. The van der Waals surface area contributed by atoms with Crippen LogP contribution in [0.3, 0.4) is 0 Å². The first kappa shape index (κ1) is 18.1. The molecule has 0 aromatic carbocycles. The molecule has 0 aliphatic rings. The van der Waals surface area contributed by atoms with Crippen molar-refractivity contribution >= 4 is 17.9 Å². The molecule has 0 aliphatic heterocycles. The minimum Gasteiger partial charge on any atom is -0.480 e. The summed E-state index contributed by atoms with van der Waals surface area (Å²) >= 11 is 0. The predicted molar refractivity (Wildman–Crippen MR) is 72.2 cm³/mol. The van der Waals surface area contributed by atoms with Gasteiger partial charge in [0.2, 0.25) is 0 Å². The van der Waals surface area contributed by atoms with Gasteiger partial charge in [-0.2, -0.15) is 0 Å². The van der Waals surface area contributed by atoms with Gasteiger partial charge in [0.1, 0.15) is 5.60 Å². The molecule has 0 radical (unpaired) electrons. The summed E-state index contributed by atoms with van der Waals surface area (Å²) in [4.78, 5) is 34.5. The van der Waals surface area contributed by atoms with Gasteiger partial charge in [-0.15, -0.1) is 0 Å². The van der Waals surface area contributed by atoms with Crippen LogP contribution in [0.4, 0.5) is 0 Å². The number of aliphatic carboxylic acids is 2. The monoisotopic (exact) mass is 286 g/mol. The van der Waals surface area contributed by atoms with Crippen LogP contribution in [0, 0.1) is 5.92 Å². The first-order valence-corrected chi connectivity index (χ1v) is 6.46. The second-order valence-electron chi connectivity index (χ2n) is 5.07. The predicted octanol–water partition coefficient (Wildman–Crippen LogP) is 2.23. The Morgan fingerprint density at radius 1 is 1.10 bits per heavy atom. The number of hydrogen-bond acceptors (Lipinski definition) is 4. The summed E-state index contributed by atoms with van der Waals surface area (Å²) < 4.78 is 5.22. The van der Waals surface area contributed by atoms with E-state index in [0.717, 1.165) is 0 Å². The fourth-order valence-electron chi connectivity index (χ4n) is 1.66. The summed E-state index contributed by atoms with van der Waals surface area (Å²) in [5.74, 6) is -5.80. The van der Waals surface area contributed by atoms with Gasteiger partial charge < -0.3 is 14.9 Å². The minimum absolute atomic E-state index is 0.261. The van der Waals surface area contributed by atoms with Crippen LogP contribution in [0.25, 0.3) is 0 Å². The van der Waals surface area contributed by atoms with E-state index in [0.29, 0.717) is 12.8 Å². The number of ether oxygens (including phenoxy) is 1. The number of allylic oxidation sites excluding steroid dienone is 1. The third-order valence-electron chi connectivity index (χ3n) is 3.38. The van der Waals surface area contributed by atoms with Gasteiger partial charge in [-0.05, 0) is 33.6 Å². The van der Waals surface area contributed by atoms with Crippen LogP contribution in [0.2, 0.25) is 0 Å². The molecule has 6 nitrogen and oxygen atoms in total. The SMILES string of the molecule is CCC(C)(CC)OC(=O)C(C(=O)O)C(C(=O)O)=C(C)C. The van der Waals surface area contributed by atoms with E-state index >= 15 is 0 Å². The molecule has 0 saturated heterocycles. The average molecular weight is 286 g/mol. The molecule has 2 N–H and O–H groups in total. The molecule has 1 unspecified atom stereocenters. The topological polar surface area (TPSA) is 101 Å². The van der Waals surface area contributed by atoms with Gasteiger partial charge in [0.05, 0.1) is 5.57 Å². The smallest absolute Gasteiger partial charge is 0.332 e. The molecule has 6 heteroatoms. The highest BCUT2D eigenvalue weighted by atomic mass is 16.6. The molecular weight excluding hydrogens is 264 g/mol. The first-order valence-electron chi connectivity index (χ1n) is 6.46. The molecule has 0 aromatic heterocycles. The second-order valence-corrected chi connectivity index (χ2v) is 5.07. The van der Waals surface area contributed by atoms with E-state index < -0.39 is 35.0 Å². The minimum atomic E-state index is -1.81. The normalized spacial score (nSPS) is 12.4. The lowest BCUT2D eigenvalue weighted by atomic mass is 9.94. The van der Waals surface area contributed by atoms with Crippen LogP contribution in [0.15, 0.2) is 11.1 Å². The van der Waals surface area contributed by atoms with Crippen LogP contribution in [0.5, 0.6) is 0 Å². The van der Waals surface area contributed by atoms with Crippen molar-refractivity contribution in [1.82, 2.24) is 0 Å². The third-order valence-corrected chi connectivity index (χ3v) is 3.38. The maximum absolute atomic E-state index is 12.1. The average Bonchev–Trinajstić information content (AvgIpc) is 2.33. The number of hydrogen-bond donors (Lipinski definition) is 2. The van der Waals surface area contributed by atoms with Crippen molar-refractivity contribution < 1.29 is 29.3 Å². The van der Waals surface area contributed by atoms with Crippen molar-refractivity contribution in [1.29, 1.82) is 0 Å². The highest BCUT2D eigenvalue weighted by Crippen LogP contribution is 2.25. The molecule has 1 atom stereocenters. The Morgan fingerprint density at radius 3 is 1.80 bits per heavy atom. The van der Waals surface area contributed by atoms with Crippen molar-refractivity contribution in [3.05, 3.63) is 11.1 Å². The molecular formula is C14H22O6. The molecule has 0 saturated carbocycles. The van der Waals surface area contributed by atoms with Crippen molar-refractivity contribution in [2.45, 2.75) is 53.1 Å². The number of carbonyl (C=O) groups is 3. The third kappa shape index (κ3) is 4.36. The summed E-state index contributed by atoms with van der Waals surface area (Å²) in [6.07, 6.45) is 1.03. The van der Waals surface area contributed by atoms with Gasteiger partial charge in [0.25, 0.3) is 0 Å². The zero-order valence-corrected chi connectivity index (χ0v) is 12.5. The van der Waals surface area contributed by atoms with Gasteiger partial charge in [-0.25, -0.2) is 4.79 Å². The Morgan fingerprint density at radius 2 is 1.55 bits per heavy atom. The van der Waals surface area contributed by atoms with Gasteiger partial charge in [-0.3, -0.25) is 9.59 Å². The molecule has 0 fully saturated rings. The molecule has 0 amide bonds. The zero-order chi connectivity index (χ0) is 16.1. The van der Waals surface area contributed by atoms with Crippen LogP contribution >= 0.6 is 0 Å². The maximum Gasteiger partial charge on any atom is 0.332 e. The summed E-state index contributed by atoms with van der Waals surface area (Å²) in [5, 5.41) is 18.3. The number of esters is 1. The molecule has 0 spiro atoms. The van der Waals surface area contributed by atoms with Gasteiger partial charge in [0, 0.05) is 0 Å². The van der Waals surface area contributed by atoms with E-state index in [1.165, 1.54) is 13.8 Å². The molecule has 20 heavy (non-hydrogen) atoms. The summed E-state index contributed by atoms with van der Waals surface area (Å²) in [6, 6.07) is 0. The van der Waals surface area contributed by atoms with E-state index in [-0.39, 0.29) is 5.57 Å². The van der Waals surface area contributed by atoms with Crippen LogP contribution in [-0.4, -0.2) is 33.7 Å². The van der Waals surface area contributed by atoms with Crippen molar-refractivity contribution in [3.8, 4) is 0 Å². The maximum atomic E-state index is 12.1. The number of carbonyl (C=O) groups excluding carboxylic acids is 1. The summed E-state index contributed by atoms with van der Waals surface area (Å²) in [5.41, 5.74) is -0.982. The Labute approximate surface area is 118 Å². The van der Waals surface area contributed by atoms with E-state index in [1.54, 1.807) is 6.92 Å². The lowest BCUT2D eigenvalue weighted by Crippen LogP contribution is -2.38. The largest absolute Gasteiger partial charge is 0.480 e. The number of rotatable bonds is 7. The van der Waals surface area contributed by atoms with Gasteiger partial charge in [-0.1, -0.05) is 19.4 Å². The highest BCUT2D eigenvalue weighted by molar-refractivity contribution is 6.06. The summed E-state index contributed by atoms with van der Waals surface area (Å²) in [6.45, 7) is 8.21. The van der Waals surface area contributed by atoms with E-state index in [2.05, 4.69) is 0 Å². The summed E-state index contributed by atoms with van der Waals surface area (Å²) in [7, 11) is 0. The molecule has 0 aliphatic carbocycles. The quantitative estimate of drug-likeness (QED) is 0.423. The van der Waals surface area contributed by atoms with E-state index in [9.17, 15) is 14.4 Å². The molecule has 0 aromatic rings. The number of carboxylic acids is 2. The molecule has 0 heterocycles. The second kappa shape index (κ2) is 7.07. The van der Waals surface area contributed by atoms with Crippen molar-refractivity contribution in [2.75, 3.05) is 0 Å². The Kier molecular flexibility index (Phi) is 6.42. The van der Waals surface area contributed by atoms with Gasteiger partial charge >= 0.3 is 17.9 Å². The van der Waals surface area contributed by atoms with Crippen LogP contribution < -0.4 is 0 Å². The Hall–Kier alpha value is -1.85. The fourth-order valence-corrected chi connectivity index (χ4v) is 1.66. The molecule has 114 valence electrons. The highest BCUT2D eigenvalue weighted by Gasteiger charge is 2.39. The van der Waals surface area contributed by atoms with E-state index in [1.807, 2.05) is 13.8 Å². The molecule has 0 bridgehead atoms. The van der Waals surface area contributed by atoms with Crippen LogP contribution in [-0.2, 0) is 19.1 Å². The Balaban J connectivity index is 5.53. The van der Waals surface area contributed by atoms with Crippen LogP contribution in [0.1, 0.15) is 47.5 Å². The zero-order valence-electron chi connectivity index (χ0n) is 12.5. The Bertz CT molecular complexity index is 427. The first-order chi connectivity index (χ1) is 9.09. The lowest BCUT2D eigenvalue weighted by molar-refractivity contribution is -0.169. The number of carboxylic acid groups (broad SMARTS) is 2. The van der Waals surface area contributed by atoms with Crippen molar-refractivity contribution in [3.63, 3.8) is 0 Å². The fraction of sp³-hybridized carbons (Fsp3) is 0.643.